The summed E-state index contributed by atoms with van der Waals surface area (Å²) >= 11 is 12.5. The van der Waals surface area contributed by atoms with Crippen molar-refractivity contribution in [3.8, 4) is 17.2 Å². The number of ether oxygens (including phenoxy) is 10. The second-order valence-corrected chi connectivity index (χ2v) is 19.4. The predicted molar refractivity (Wildman–Crippen MR) is 268 cm³/mol. The second kappa shape index (κ2) is 31.1. The van der Waals surface area contributed by atoms with E-state index in [1.165, 1.54) is 25.3 Å². The number of hydrogen-bond donors (Lipinski definition) is 1. The van der Waals surface area contributed by atoms with E-state index in [0.29, 0.717) is 122 Å². The molecule has 0 radical (unpaired) electrons. The third-order valence-electron chi connectivity index (χ3n) is 9.82. The molecule has 0 bridgehead atoms. The molecule has 6 rings (SSSR count). The van der Waals surface area contributed by atoms with Crippen LogP contribution < -0.4 is 18.9 Å². The Bertz CT molecular complexity index is 2410. The van der Waals surface area contributed by atoms with Gasteiger partial charge in [-0.15, -0.1) is 0 Å². The molecule has 69 heavy (non-hydrogen) atoms. The zero-order valence-electron chi connectivity index (χ0n) is 39.6. The van der Waals surface area contributed by atoms with Gasteiger partial charge in [0.15, 0.2) is 0 Å². The summed E-state index contributed by atoms with van der Waals surface area (Å²) in [6.07, 6.45) is 0. The van der Waals surface area contributed by atoms with Crippen molar-refractivity contribution in [3.05, 3.63) is 87.7 Å². The zero-order valence-corrected chi connectivity index (χ0v) is 44.4. The molecule has 1 aliphatic heterocycles. The zero-order chi connectivity index (χ0) is 50.2. The Balaban J connectivity index is 0.000000296. The monoisotopic (exact) mass is 1100 g/mol. The molecule has 384 valence electrons. The molecule has 0 fully saturated rings. The number of para-hydroxylation sites is 1. The summed E-state index contributed by atoms with van der Waals surface area (Å²) in [5, 5.41) is 2.23. The molecule has 2 aromatic heterocycles. The Morgan fingerprint density at radius 3 is 1.58 bits per heavy atom. The first-order valence-corrected chi connectivity index (χ1v) is 26.7. The first-order chi connectivity index (χ1) is 33.3. The quantitative estimate of drug-likeness (QED) is 0.0315. The van der Waals surface area contributed by atoms with Crippen molar-refractivity contribution < 1.29 is 68.4 Å². The molecule has 3 aromatic carbocycles. The van der Waals surface area contributed by atoms with Crippen molar-refractivity contribution in [2.45, 2.75) is 38.6 Å². The molecule has 1 aliphatic rings. The van der Waals surface area contributed by atoms with Gasteiger partial charge in [0.1, 0.15) is 53.8 Å². The minimum atomic E-state index is -3.98. The molecule has 0 spiro atoms. The van der Waals surface area contributed by atoms with Crippen LogP contribution in [-0.4, -0.2) is 138 Å². The number of methoxy groups -OCH3 is 3. The van der Waals surface area contributed by atoms with E-state index in [1.54, 1.807) is 32.4 Å². The number of rotatable bonds is 26. The standard InChI is InChI=1S/C28H40N2O8.C19H20Cl2N2O4S.2ClH.Ni/c1-21-19-25(37-17-15-35-13-11-33-9-7-31-3)23-5-6-24-26(20-22(2)30-28(24)27(23)29-21)38-18-16-36-14-12-34-10-8-32-4;1-11(2)16-10-27-19(22-16)15-5-4-6-17(26-3)18(15)23-28(24,25)14-8-12(20)7-13(21)9-14;;;/h5-6,19-20H,7-18H2,1-4H3;4-9,11,16,23H,10H2,1-3H3;2*1H;/q;;;;+2/p-2/t;16-;;;/m.1.../s1. The summed E-state index contributed by atoms with van der Waals surface area (Å²) < 4.78 is 83.6. The number of nitrogens with zero attached hydrogens (tertiary/aromatic N) is 3. The Morgan fingerprint density at radius 1 is 0.681 bits per heavy atom. The van der Waals surface area contributed by atoms with Crippen LogP contribution in [-0.2, 0) is 55.8 Å². The normalized spacial score (nSPS) is 13.4. The number of fused-ring (bicyclic) bond motifs is 3. The molecule has 1 atom stereocenters. The summed E-state index contributed by atoms with van der Waals surface area (Å²) in [5.74, 6) is 2.52. The third kappa shape index (κ3) is 18.9. The number of aliphatic imine (C=N–C) groups is 1. The molecule has 22 heteroatoms. The number of anilines is 1. The van der Waals surface area contributed by atoms with Crippen LogP contribution in [0.1, 0.15) is 30.8 Å². The first-order valence-electron chi connectivity index (χ1n) is 21.7. The molecule has 0 amide bonds. The van der Waals surface area contributed by atoms with Crippen molar-refractivity contribution in [1.29, 1.82) is 0 Å². The summed E-state index contributed by atoms with van der Waals surface area (Å²) in [7, 11) is 10.2. The minimum absolute atomic E-state index is 0.0115. The summed E-state index contributed by atoms with van der Waals surface area (Å²) in [6, 6.07) is 17.1. The maximum absolute atomic E-state index is 12.9. The molecule has 3 heterocycles. The van der Waals surface area contributed by atoms with Crippen molar-refractivity contribution in [2.75, 3.05) is 112 Å². The van der Waals surface area contributed by atoms with Crippen molar-refractivity contribution in [2.24, 2.45) is 10.9 Å². The van der Waals surface area contributed by atoms with Crippen molar-refractivity contribution >= 4 is 87.0 Å². The Labute approximate surface area is 429 Å². The molecular formula is C47H60Cl4N4NiO12S. The topological polar surface area (TPSA) is 177 Å². The Kier molecular flexibility index (Phi) is 26.2. The van der Waals surface area contributed by atoms with Crippen LogP contribution in [0.4, 0.5) is 5.69 Å². The van der Waals surface area contributed by atoms with E-state index >= 15 is 0 Å². The van der Waals surface area contributed by atoms with Gasteiger partial charge in [0.25, 0.3) is 10.0 Å². The second-order valence-electron chi connectivity index (χ2n) is 15.2. The van der Waals surface area contributed by atoms with E-state index in [2.05, 4.69) is 23.6 Å². The van der Waals surface area contributed by atoms with Crippen LogP contribution in [0.25, 0.3) is 21.8 Å². The summed E-state index contributed by atoms with van der Waals surface area (Å²) in [6.45, 7) is 14.5. The molecular weight excluding hydrogens is 1050 g/mol. The van der Waals surface area contributed by atoms with E-state index in [9.17, 15) is 8.42 Å². The van der Waals surface area contributed by atoms with E-state index in [-0.39, 0.29) is 26.7 Å². The predicted octanol–water partition coefficient (Wildman–Crippen LogP) is 9.50. The fourth-order valence-corrected chi connectivity index (χ4v) is 8.30. The number of sulfonamides is 1. The van der Waals surface area contributed by atoms with Crippen LogP contribution in [0.5, 0.6) is 17.2 Å². The molecule has 1 N–H and O–H groups in total. The van der Waals surface area contributed by atoms with Crippen LogP contribution in [0, 0.1) is 19.8 Å². The molecule has 0 saturated carbocycles. The number of aromatic nitrogens is 2. The summed E-state index contributed by atoms with van der Waals surface area (Å²) in [5.41, 5.74) is 3.99. The van der Waals surface area contributed by atoms with Crippen molar-refractivity contribution in [3.63, 3.8) is 0 Å². The summed E-state index contributed by atoms with van der Waals surface area (Å²) in [4.78, 5) is 14.1. The number of pyridine rings is 2. The maximum atomic E-state index is 12.9. The Morgan fingerprint density at radius 2 is 1.14 bits per heavy atom. The number of nitrogens with one attached hydrogen (secondary N) is 1. The molecule has 0 aliphatic carbocycles. The van der Waals surface area contributed by atoms with Crippen LogP contribution in [0.15, 0.2) is 70.6 Å². The Hall–Kier alpha value is -3.49. The van der Waals surface area contributed by atoms with Crippen LogP contribution in [0.3, 0.4) is 0 Å². The number of hydrogen-bond acceptors (Lipinski definition) is 15. The number of benzene rings is 3. The van der Waals surface area contributed by atoms with E-state index < -0.39 is 10.0 Å². The fourth-order valence-electron chi connectivity index (χ4n) is 6.48. The fraction of sp³-hybridized carbons (Fsp3) is 0.468. The average molecular weight is 1110 g/mol. The molecule has 0 unspecified atom stereocenters. The van der Waals surface area contributed by atoms with Gasteiger partial charge in [-0.25, -0.2) is 13.4 Å². The molecule has 5 aromatic rings. The van der Waals surface area contributed by atoms with Crippen LogP contribution >= 0.6 is 43.6 Å². The SMILES string of the molecule is COCCOCCOCCOc1cc(C)nc2c1ccc1c(OCCOCCOCCOC)cc(C)nc12.COc1cccc(C2=N[C@@H](C(C)C)CO2)c1NS(=O)(=O)c1cc(Cl)cc(Cl)c1.[Cl][Ni][Cl]. The molecule has 16 nitrogen and oxygen atoms in total. The molecule has 0 saturated heterocycles. The van der Waals surface area contributed by atoms with Gasteiger partial charge < -0.3 is 47.4 Å². The van der Waals surface area contributed by atoms with Gasteiger partial charge in [0.2, 0.25) is 5.90 Å². The van der Waals surface area contributed by atoms with Gasteiger partial charge in [-0.1, -0.05) is 43.1 Å². The van der Waals surface area contributed by atoms with Gasteiger partial charge in [-0.2, -0.15) is 0 Å². The van der Waals surface area contributed by atoms with Gasteiger partial charge in [-0.3, -0.25) is 14.7 Å². The number of aryl methyl sites for hydroxylation is 2. The first kappa shape index (κ1) is 58.1. The third-order valence-corrected chi connectivity index (χ3v) is 11.6. The van der Waals surface area contributed by atoms with Gasteiger partial charge in [-0.05, 0) is 62.2 Å². The van der Waals surface area contributed by atoms with Gasteiger partial charge in [0.05, 0.1) is 89.7 Å². The van der Waals surface area contributed by atoms with Crippen molar-refractivity contribution in [1.82, 2.24) is 9.97 Å². The van der Waals surface area contributed by atoms with E-state index in [4.69, 9.17) is 101 Å². The van der Waals surface area contributed by atoms with E-state index in [0.717, 1.165) is 44.7 Å². The van der Waals surface area contributed by atoms with Gasteiger partial charge in [0, 0.05) is 58.6 Å². The average Bonchev–Trinajstić information content (AvgIpc) is 3.81. The number of halogens is 4. The van der Waals surface area contributed by atoms with Crippen LogP contribution in [0.2, 0.25) is 10.0 Å². The van der Waals surface area contributed by atoms with E-state index in [1.807, 2.05) is 38.1 Å². The van der Waals surface area contributed by atoms with Gasteiger partial charge >= 0.3 is 33.0 Å².